The fraction of sp³-hybridized carbons (Fsp3) is 0.448. The van der Waals surface area contributed by atoms with Crippen molar-refractivity contribution in [2.75, 3.05) is 4.90 Å². The maximum absolute atomic E-state index is 2.78. The van der Waals surface area contributed by atoms with E-state index < -0.39 is 0 Å². The van der Waals surface area contributed by atoms with Gasteiger partial charge in [-0.2, -0.15) is 0 Å². The largest absolute Gasteiger partial charge is 0.310 e. The quantitative estimate of drug-likeness (QED) is 0.150. The lowest BCUT2D eigenvalue weighted by atomic mass is 9.36. The third-order valence-electron chi connectivity index (χ3n) is 15.9. The van der Waals surface area contributed by atoms with Crippen LogP contribution in [-0.2, 0) is 37.9 Å². The standard InChI is InChI=1S/C58H67BN2S/c1-52(2,3)32-18-21-35(22-19-32)60-41-27-34(54(7,8)9)28-42-48(41)59(51-49(60)36-26-33(53(4,5)6)20-25-43(36)62-51)39-29-38-47(58(16,17)31-56(38,12)13)45-44-40(61(42)50(39)45)24-23-37-46(44)57(14,15)30-55(37,10)11/h18-29H,30-31H2,1-17H3. The first-order valence-corrected chi connectivity index (χ1v) is 24.3. The van der Waals surface area contributed by atoms with Crippen LogP contribution in [0.15, 0.2) is 72.8 Å². The number of hydrogen-bond donors (Lipinski definition) is 0. The maximum atomic E-state index is 2.78. The molecule has 0 amide bonds. The number of anilines is 3. The van der Waals surface area contributed by atoms with Gasteiger partial charge in [-0.1, -0.05) is 148 Å². The molecule has 0 saturated heterocycles. The molecule has 0 N–H and O–H groups in total. The summed E-state index contributed by atoms with van der Waals surface area (Å²) in [6.07, 6.45) is 2.30. The van der Waals surface area contributed by atoms with Crippen LogP contribution in [0.1, 0.15) is 169 Å². The molecule has 2 nitrogen and oxygen atoms in total. The van der Waals surface area contributed by atoms with E-state index in [1.54, 1.807) is 22.3 Å². The van der Waals surface area contributed by atoms with Crippen LogP contribution in [0.3, 0.4) is 0 Å². The van der Waals surface area contributed by atoms with Crippen molar-refractivity contribution in [3.05, 3.63) is 112 Å². The Morgan fingerprint density at radius 3 is 1.73 bits per heavy atom. The second-order valence-electron chi connectivity index (χ2n) is 25.7. The summed E-state index contributed by atoms with van der Waals surface area (Å²) in [5.41, 5.74) is 21.7. The molecule has 0 unspecified atom stereocenters. The molecule has 11 rings (SSSR count). The molecule has 4 heterocycles. The Labute approximate surface area is 376 Å². The van der Waals surface area contributed by atoms with Crippen molar-refractivity contribution in [3.63, 3.8) is 0 Å². The first-order valence-electron chi connectivity index (χ1n) is 23.5. The molecular weight excluding hydrogens is 768 g/mol. The van der Waals surface area contributed by atoms with E-state index in [0.717, 1.165) is 12.8 Å². The predicted octanol–water partition coefficient (Wildman–Crippen LogP) is 14.4. The smallest absolute Gasteiger partial charge is 0.264 e. The number of nitrogens with zero attached hydrogens (tertiary/aromatic N) is 2. The third-order valence-corrected chi connectivity index (χ3v) is 17.1. The summed E-state index contributed by atoms with van der Waals surface area (Å²) >= 11 is 2.04. The fourth-order valence-corrected chi connectivity index (χ4v) is 14.8. The van der Waals surface area contributed by atoms with Crippen molar-refractivity contribution < 1.29 is 0 Å². The lowest BCUT2D eigenvalue weighted by Gasteiger charge is -2.40. The van der Waals surface area contributed by atoms with Gasteiger partial charge in [0, 0.05) is 48.2 Å². The number of benzene rings is 5. The molecule has 2 aliphatic carbocycles. The van der Waals surface area contributed by atoms with Crippen LogP contribution in [0.5, 0.6) is 0 Å². The molecule has 5 aromatic carbocycles. The minimum Gasteiger partial charge on any atom is -0.310 e. The Balaban J connectivity index is 1.37. The summed E-state index contributed by atoms with van der Waals surface area (Å²) in [4.78, 5) is 2.69. The normalized spacial score (nSPS) is 19.0. The van der Waals surface area contributed by atoms with Gasteiger partial charge in [0.05, 0.1) is 11.2 Å². The Kier molecular flexibility index (Phi) is 7.76. The van der Waals surface area contributed by atoms with E-state index in [1.165, 1.54) is 87.0 Å². The highest BCUT2D eigenvalue weighted by atomic mass is 32.1. The number of fused-ring (bicyclic) bond motifs is 13. The summed E-state index contributed by atoms with van der Waals surface area (Å²) in [7, 11) is 0. The average molecular weight is 835 g/mol. The van der Waals surface area contributed by atoms with Crippen LogP contribution in [0, 0.1) is 0 Å². The summed E-state index contributed by atoms with van der Waals surface area (Å²) in [5, 5.41) is 4.43. The third kappa shape index (κ3) is 5.28. The van der Waals surface area contributed by atoms with Gasteiger partial charge in [0.15, 0.2) is 0 Å². The van der Waals surface area contributed by atoms with Gasteiger partial charge in [0.2, 0.25) is 0 Å². The Morgan fingerprint density at radius 1 is 0.548 bits per heavy atom. The number of hydrogen-bond acceptors (Lipinski definition) is 2. The first kappa shape index (κ1) is 40.5. The van der Waals surface area contributed by atoms with Crippen LogP contribution in [0.2, 0.25) is 0 Å². The van der Waals surface area contributed by atoms with Gasteiger partial charge in [-0.3, -0.25) is 0 Å². The van der Waals surface area contributed by atoms with Gasteiger partial charge in [-0.05, 0) is 143 Å². The van der Waals surface area contributed by atoms with Crippen molar-refractivity contribution in [2.24, 2.45) is 0 Å². The monoisotopic (exact) mass is 835 g/mol. The average Bonchev–Trinajstić information content (AvgIpc) is 3.80. The van der Waals surface area contributed by atoms with E-state index in [9.17, 15) is 0 Å². The zero-order valence-electron chi connectivity index (χ0n) is 40.7. The van der Waals surface area contributed by atoms with Gasteiger partial charge in [0.25, 0.3) is 6.71 Å². The molecule has 0 saturated carbocycles. The zero-order chi connectivity index (χ0) is 44.4. The summed E-state index contributed by atoms with van der Waals surface area (Å²) < 4.78 is 5.63. The molecule has 0 bridgehead atoms. The van der Waals surface area contributed by atoms with Crippen LogP contribution in [0.4, 0.5) is 17.1 Å². The molecule has 2 aliphatic heterocycles. The van der Waals surface area contributed by atoms with Gasteiger partial charge in [-0.15, -0.1) is 11.3 Å². The molecule has 0 spiro atoms. The number of thiophene rings is 1. The summed E-state index contributed by atoms with van der Waals surface area (Å²) in [6, 6.07) is 29.9. The fourth-order valence-electron chi connectivity index (χ4n) is 13.5. The molecular formula is C58H67BN2S. The van der Waals surface area contributed by atoms with Crippen LogP contribution in [-0.4, -0.2) is 11.3 Å². The molecule has 0 atom stereocenters. The Bertz CT molecular complexity index is 3120. The molecule has 0 fully saturated rings. The summed E-state index contributed by atoms with van der Waals surface area (Å²) in [6.45, 7) is 41.5. The highest BCUT2D eigenvalue weighted by molar-refractivity contribution is 7.33. The van der Waals surface area contributed by atoms with Crippen LogP contribution >= 0.6 is 11.3 Å². The van der Waals surface area contributed by atoms with E-state index in [4.69, 9.17) is 0 Å². The van der Waals surface area contributed by atoms with Crippen molar-refractivity contribution in [2.45, 2.75) is 168 Å². The van der Waals surface area contributed by atoms with Crippen LogP contribution < -0.4 is 20.6 Å². The predicted molar refractivity (Wildman–Crippen MR) is 273 cm³/mol. The first-order chi connectivity index (χ1) is 28.6. The minimum atomic E-state index is -0.0707. The van der Waals surface area contributed by atoms with Gasteiger partial charge >= 0.3 is 0 Å². The molecule has 4 heteroatoms. The lowest BCUT2D eigenvalue weighted by molar-refractivity contribution is 0.403. The molecule has 7 aromatic rings. The molecule has 2 aromatic heterocycles. The van der Waals surface area contributed by atoms with Crippen molar-refractivity contribution in [1.82, 2.24) is 4.57 Å². The van der Waals surface area contributed by atoms with E-state index in [0.29, 0.717) is 0 Å². The highest BCUT2D eigenvalue weighted by Gasteiger charge is 2.51. The minimum absolute atomic E-state index is 0.0280. The second-order valence-corrected chi connectivity index (χ2v) is 26.8. The number of rotatable bonds is 1. The van der Waals surface area contributed by atoms with Crippen LogP contribution in [0.25, 0.3) is 37.6 Å². The maximum Gasteiger partial charge on any atom is 0.264 e. The number of aromatic nitrogens is 1. The van der Waals surface area contributed by atoms with Gasteiger partial charge in [-0.25, -0.2) is 0 Å². The molecule has 4 aliphatic rings. The van der Waals surface area contributed by atoms with Crippen molar-refractivity contribution >= 4 is 82.7 Å². The zero-order valence-corrected chi connectivity index (χ0v) is 41.5. The SMILES string of the molecule is CC(C)(C)c1ccc(N2c3cc(C(C)(C)C)cc4c3B(c3sc5ccc(C(C)(C)C)cc5c32)c2cc3c(c5c6c7c(ccc6n-4c25)C(C)(C)CC7(C)C)C(C)(C)CC3(C)C)cc1. The molecule has 62 heavy (non-hydrogen) atoms. The van der Waals surface area contributed by atoms with E-state index in [1.807, 2.05) is 11.3 Å². The van der Waals surface area contributed by atoms with Crippen molar-refractivity contribution in [3.8, 4) is 5.69 Å². The highest BCUT2D eigenvalue weighted by Crippen LogP contribution is 2.59. The van der Waals surface area contributed by atoms with Gasteiger partial charge < -0.3 is 9.47 Å². The molecule has 318 valence electrons. The van der Waals surface area contributed by atoms with Gasteiger partial charge in [0.1, 0.15) is 0 Å². The van der Waals surface area contributed by atoms with E-state index in [2.05, 4.69) is 200 Å². The van der Waals surface area contributed by atoms with E-state index in [-0.39, 0.29) is 44.6 Å². The Morgan fingerprint density at radius 2 is 1.11 bits per heavy atom. The van der Waals surface area contributed by atoms with Crippen molar-refractivity contribution in [1.29, 1.82) is 0 Å². The Hall–Kier alpha value is -4.28. The lowest BCUT2D eigenvalue weighted by Crippen LogP contribution is -2.59. The summed E-state index contributed by atoms with van der Waals surface area (Å²) in [5.74, 6) is 0. The topological polar surface area (TPSA) is 8.17 Å². The van der Waals surface area contributed by atoms with E-state index >= 15 is 0 Å². The second kappa shape index (κ2) is 11.9. The molecule has 0 radical (unpaired) electrons.